The Hall–Kier alpha value is -1.89. The van der Waals surface area contributed by atoms with Crippen LogP contribution in [0, 0.1) is 5.41 Å². The lowest BCUT2D eigenvalue weighted by Gasteiger charge is -2.18. The minimum atomic E-state index is -3.32. The normalized spacial score (nSPS) is 12.2. The van der Waals surface area contributed by atoms with Crippen LogP contribution in [0.3, 0.4) is 0 Å². The Labute approximate surface area is 143 Å². The Morgan fingerprint density at radius 2 is 1.71 bits per heavy atom. The number of hydrogen-bond donors (Lipinski definition) is 2. The molecular formula is C17H25NO5S. The summed E-state index contributed by atoms with van der Waals surface area (Å²) in [7, 11) is -3.32. The maximum Gasteiger partial charge on any atom is 0.309 e. The van der Waals surface area contributed by atoms with Crippen molar-refractivity contribution in [1.29, 1.82) is 0 Å². The molecule has 0 heterocycles. The predicted octanol–water partition coefficient (Wildman–Crippen LogP) is 2.03. The zero-order valence-electron chi connectivity index (χ0n) is 14.5. The smallest absolute Gasteiger partial charge is 0.309 e. The lowest BCUT2D eigenvalue weighted by Crippen LogP contribution is -2.32. The van der Waals surface area contributed by atoms with Crippen LogP contribution in [0.25, 0.3) is 0 Å². The monoisotopic (exact) mass is 355 g/mol. The van der Waals surface area contributed by atoms with Gasteiger partial charge in [-0.05, 0) is 51.8 Å². The van der Waals surface area contributed by atoms with E-state index in [1.54, 1.807) is 39.8 Å². The highest BCUT2D eigenvalue weighted by Gasteiger charge is 2.26. The third-order valence-electron chi connectivity index (χ3n) is 3.89. The van der Waals surface area contributed by atoms with Crippen LogP contribution in [0.1, 0.15) is 39.7 Å². The van der Waals surface area contributed by atoms with Crippen LogP contribution in [0.2, 0.25) is 0 Å². The van der Waals surface area contributed by atoms with Gasteiger partial charge in [-0.3, -0.25) is 9.59 Å². The molecule has 6 nitrogen and oxygen atoms in total. The molecule has 1 rings (SSSR count). The number of carbonyl (C=O) groups excluding carboxylic acids is 1. The molecule has 1 amide bonds. The van der Waals surface area contributed by atoms with E-state index in [-0.39, 0.29) is 23.8 Å². The van der Waals surface area contributed by atoms with Crippen LogP contribution < -0.4 is 5.32 Å². The average Bonchev–Trinajstić information content (AvgIpc) is 2.47. The van der Waals surface area contributed by atoms with Gasteiger partial charge in [0.2, 0.25) is 5.91 Å². The summed E-state index contributed by atoms with van der Waals surface area (Å²) in [4.78, 5) is 23.1. The number of carbonyl (C=O) groups is 2. The average molecular weight is 355 g/mol. The van der Waals surface area contributed by atoms with Crippen molar-refractivity contribution in [3.63, 3.8) is 0 Å². The zero-order chi connectivity index (χ0) is 18.5. The van der Waals surface area contributed by atoms with Gasteiger partial charge in [-0.25, -0.2) is 8.42 Å². The van der Waals surface area contributed by atoms with Gasteiger partial charge in [0.25, 0.3) is 0 Å². The molecule has 24 heavy (non-hydrogen) atoms. The third kappa shape index (κ3) is 5.33. The van der Waals surface area contributed by atoms with Gasteiger partial charge in [0.1, 0.15) is 0 Å². The molecule has 0 saturated heterocycles. The second-order valence-electron chi connectivity index (χ2n) is 6.70. The van der Waals surface area contributed by atoms with Crippen LogP contribution in [0.15, 0.2) is 29.2 Å². The molecule has 0 aromatic heterocycles. The van der Waals surface area contributed by atoms with Crippen molar-refractivity contribution < 1.29 is 23.1 Å². The Morgan fingerprint density at radius 3 is 2.17 bits per heavy atom. The Balaban J connectivity index is 2.59. The summed E-state index contributed by atoms with van der Waals surface area (Å²) >= 11 is 0. The van der Waals surface area contributed by atoms with Gasteiger partial charge >= 0.3 is 5.97 Å². The zero-order valence-corrected chi connectivity index (χ0v) is 15.3. The molecule has 0 aliphatic rings. The molecule has 0 bridgehead atoms. The van der Waals surface area contributed by atoms with Crippen LogP contribution in [-0.4, -0.2) is 37.2 Å². The van der Waals surface area contributed by atoms with E-state index >= 15 is 0 Å². The van der Waals surface area contributed by atoms with Crippen molar-refractivity contribution in [2.24, 2.45) is 5.41 Å². The molecule has 134 valence electrons. The van der Waals surface area contributed by atoms with E-state index in [2.05, 4.69) is 5.32 Å². The van der Waals surface area contributed by atoms with E-state index in [9.17, 15) is 18.0 Å². The molecule has 0 aliphatic heterocycles. The minimum absolute atomic E-state index is 0.121. The number of carboxylic acid groups (broad SMARTS) is 1. The first-order valence-corrected chi connectivity index (χ1v) is 9.34. The van der Waals surface area contributed by atoms with E-state index in [1.165, 1.54) is 12.1 Å². The largest absolute Gasteiger partial charge is 0.481 e. The van der Waals surface area contributed by atoms with Gasteiger partial charge in [-0.1, -0.05) is 12.1 Å². The van der Waals surface area contributed by atoms with Crippen molar-refractivity contribution in [3.05, 3.63) is 29.8 Å². The van der Waals surface area contributed by atoms with Crippen molar-refractivity contribution >= 4 is 21.7 Å². The first-order chi connectivity index (χ1) is 11.0. The van der Waals surface area contributed by atoms with Gasteiger partial charge in [-0.2, -0.15) is 0 Å². The molecule has 0 radical (unpaired) electrons. The van der Waals surface area contributed by atoms with Crippen molar-refractivity contribution in [1.82, 2.24) is 5.32 Å². The highest BCUT2D eigenvalue weighted by Crippen LogP contribution is 2.19. The second kappa shape index (κ2) is 7.79. The number of hydrogen-bond acceptors (Lipinski definition) is 4. The fourth-order valence-electron chi connectivity index (χ4n) is 1.94. The molecule has 7 heteroatoms. The van der Waals surface area contributed by atoms with E-state index < -0.39 is 26.5 Å². The van der Waals surface area contributed by atoms with Crippen LogP contribution in [0.4, 0.5) is 0 Å². The van der Waals surface area contributed by atoms with Gasteiger partial charge in [-0.15, -0.1) is 0 Å². The summed E-state index contributed by atoms with van der Waals surface area (Å²) in [5.74, 6) is -1.13. The van der Waals surface area contributed by atoms with Gasteiger partial charge < -0.3 is 10.4 Å². The van der Waals surface area contributed by atoms with Crippen molar-refractivity contribution in [2.75, 3.05) is 6.54 Å². The highest BCUT2D eigenvalue weighted by atomic mass is 32.2. The molecule has 0 unspecified atom stereocenters. The third-order valence-corrected chi connectivity index (χ3v) is 6.06. The van der Waals surface area contributed by atoms with E-state index in [0.717, 1.165) is 0 Å². The second-order valence-corrected chi connectivity index (χ2v) is 9.21. The standard InChI is InChI=1S/C17H25NO5S/c1-12(2)24(22,23)14-7-5-13(6-8-14)11-15(19)18-10-9-17(3,4)16(20)21/h5-8,12H,9-11H2,1-4H3,(H,18,19)(H,20,21). The van der Waals surface area contributed by atoms with E-state index in [0.29, 0.717) is 12.0 Å². The number of carboxylic acids is 1. The van der Waals surface area contributed by atoms with Crippen LogP contribution in [0.5, 0.6) is 0 Å². The lowest BCUT2D eigenvalue weighted by atomic mass is 9.90. The first kappa shape index (κ1) is 20.2. The van der Waals surface area contributed by atoms with E-state index in [1.807, 2.05) is 0 Å². The number of amides is 1. The minimum Gasteiger partial charge on any atom is -0.481 e. The summed E-state index contributed by atoms with van der Waals surface area (Å²) in [6.45, 7) is 6.73. The number of sulfone groups is 1. The number of benzene rings is 1. The first-order valence-electron chi connectivity index (χ1n) is 7.80. The van der Waals surface area contributed by atoms with E-state index in [4.69, 9.17) is 5.11 Å². The fraction of sp³-hybridized carbons (Fsp3) is 0.529. The van der Waals surface area contributed by atoms with Crippen LogP contribution >= 0.6 is 0 Å². The maximum absolute atomic E-state index is 12.0. The maximum atomic E-state index is 12.0. The summed E-state index contributed by atoms with van der Waals surface area (Å²) in [5.41, 5.74) is -0.187. The summed E-state index contributed by atoms with van der Waals surface area (Å²) in [5, 5.41) is 11.2. The predicted molar refractivity (Wildman–Crippen MR) is 91.5 cm³/mol. The topological polar surface area (TPSA) is 101 Å². The molecule has 0 fully saturated rings. The molecule has 0 saturated carbocycles. The quantitative estimate of drug-likeness (QED) is 0.743. The Morgan fingerprint density at radius 1 is 1.17 bits per heavy atom. The van der Waals surface area contributed by atoms with Gasteiger partial charge in [0.15, 0.2) is 9.84 Å². The van der Waals surface area contributed by atoms with Gasteiger partial charge in [0, 0.05) is 6.54 Å². The number of aliphatic carboxylic acids is 1. The fourth-order valence-corrected chi connectivity index (χ4v) is 3.00. The molecular weight excluding hydrogens is 330 g/mol. The Bertz CT molecular complexity index is 690. The molecule has 2 N–H and O–H groups in total. The molecule has 1 aromatic rings. The highest BCUT2D eigenvalue weighted by molar-refractivity contribution is 7.92. The van der Waals surface area contributed by atoms with Crippen LogP contribution in [-0.2, 0) is 25.8 Å². The summed E-state index contributed by atoms with van der Waals surface area (Å²) < 4.78 is 24.1. The Kier molecular flexibility index (Phi) is 6.54. The summed E-state index contributed by atoms with van der Waals surface area (Å²) in [6.07, 6.45) is 0.454. The SMILES string of the molecule is CC(C)S(=O)(=O)c1ccc(CC(=O)NCCC(C)(C)C(=O)O)cc1. The molecule has 0 spiro atoms. The van der Waals surface area contributed by atoms with Crippen molar-refractivity contribution in [3.8, 4) is 0 Å². The molecule has 0 atom stereocenters. The molecule has 1 aromatic carbocycles. The molecule has 0 aliphatic carbocycles. The summed E-state index contributed by atoms with van der Waals surface area (Å²) in [6, 6.07) is 6.25. The number of nitrogens with one attached hydrogen (secondary N) is 1. The van der Waals surface area contributed by atoms with Crippen molar-refractivity contribution in [2.45, 2.75) is 50.7 Å². The number of rotatable bonds is 8. The van der Waals surface area contributed by atoms with Gasteiger partial charge in [0.05, 0.1) is 22.0 Å². The lowest BCUT2D eigenvalue weighted by molar-refractivity contribution is -0.147.